The molecule has 0 radical (unpaired) electrons. The highest BCUT2D eigenvalue weighted by molar-refractivity contribution is 6.30. The lowest BCUT2D eigenvalue weighted by molar-refractivity contribution is -0.137. The summed E-state index contributed by atoms with van der Waals surface area (Å²) in [6, 6.07) is 13.3. The van der Waals surface area contributed by atoms with E-state index in [1.165, 1.54) is 37.0 Å². The second-order valence-electron chi connectivity index (χ2n) is 9.24. The Morgan fingerprint density at radius 3 is 2.32 bits per heavy atom. The highest BCUT2D eigenvalue weighted by Crippen LogP contribution is 2.45. The van der Waals surface area contributed by atoms with Gasteiger partial charge in [-0.25, -0.2) is 0 Å². The second-order valence-corrected chi connectivity index (χ2v) is 9.67. The Morgan fingerprint density at radius 1 is 1.06 bits per heavy atom. The van der Waals surface area contributed by atoms with E-state index < -0.39 is 11.7 Å². The zero-order valence-electron chi connectivity index (χ0n) is 17.8. The quantitative estimate of drug-likeness (QED) is 0.478. The van der Waals surface area contributed by atoms with Crippen molar-refractivity contribution in [1.82, 2.24) is 4.90 Å². The van der Waals surface area contributed by atoms with Crippen LogP contribution in [-0.2, 0) is 11.6 Å². The molecule has 31 heavy (non-hydrogen) atoms. The van der Waals surface area contributed by atoms with Crippen molar-refractivity contribution in [2.45, 2.75) is 44.2 Å². The number of halogens is 4. The van der Waals surface area contributed by atoms with E-state index in [2.05, 4.69) is 24.0 Å². The number of benzene rings is 2. The molecule has 2 fully saturated rings. The Balaban J connectivity index is 1.36. The molecule has 2 atom stereocenters. The maximum Gasteiger partial charge on any atom is 0.416 e. The Kier molecular flexibility index (Phi) is 6.55. The molecule has 2 aliphatic rings. The van der Waals surface area contributed by atoms with Gasteiger partial charge in [0.1, 0.15) is 5.75 Å². The summed E-state index contributed by atoms with van der Waals surface area (Å²) in [4.78, 5) is 2.55. The minimum atomic E-state index is -4.32. The average Bonchev–Trinajstić information content (AvgIpc) is 2.71. The number of alkyl halides is 3. The average molecular weight is 452 g/mol. The lowest BCUT2D eigenvalue weighted by Gasteiger charge is -2.48. The van der Waals surface area contributed by atoms with Crippen molar-refractivity contribution < 1.29 is 17.9 Å². The molecule has 168 valence electrons. The summed E-state index contributed by atoms with van der Waals surface area (Å²) >= 11 is 6.09. The molecule has 1 aliphatic heterocycles. The van der Waals surface area contributed by atoms with E-state index in [1.807, 2.05) is 12.1 Å². The molecule has 1 unspecified atom stereocenters. The van der Waals surface area contributed by atoms with Gasteiger partial charge in [-0.2, -0.15) is 13.2 Å². The maximum atomic E-state index is 12.7. The van der Waals surface area contributed by atoms with E-state index in [4.69, 9.17) is 16.3 Å². The van der Waals surface area contributed by atoms with Gasteiger partial charge < -0.3 is 9.64 Å². The lowest BCUT2D eigenvalue weighted by Crippen LogP contribution is -2.50. The highest BCUT2D eigenvalue weighted by atomic mass is 35.5. The smallest absolute Gasteiger partial charge is 0.416 e. The Bertz CT molecular complexity index is 862. The van der Waals surface area contributed by atoms with Crippen molar-refractivity contribution in [2.24, 2.45) is 11.8 Å². The Morgan fingerprint density at radius 2 is 1.74 bits per heavy atom. The van der Waals surface area contributed by atoms with Gasteiger partial charge in [0.15, 0.2) is 0 Å². The molecule has 0 N–H and O–H groups in total. The molecule has 4 rings (SSSR count). The van der Waals surface area contributed by atoms with E-state index >= 15 is 0 Å². The van der Waals surface area contributed by atoms with Crippen molar-refractivity contribution in [3.63, 3.8) is 0 Å². The monoisotopic (exact) mass is 451 g/mol. The molecule has 2 aromatic carbocycles. The molecule has 1 heterocycles. The second kappa shape index (κ2) is 9.03. The highest BCUT2D eigenvalue weighted by Gasteiger charge is 2.41. The van der Waals surface area contributed by atoms with Gasteiger partial charge in [-0.15, -0.1) is 0 Å². The molecule has 2 nitrogen and oxygen atoms in total. The van der Waals surface area contributed by atoms with Gasteiger partial charge in [0.05, 0.1) is 12.2 Å². The summed E-state index contributed by atoms with van der Waals surface area (Å²) in [5.74, 6) is 1.38. The zero-order chi connectivity index (χ0) is 22.1. The van der Waals surface area contributed by atoms with E-state index in [0.717, 1.165) is 43.2 Å². The summed E-state index contributed by atoms with van der Waals surface area (Å²) < 4.78 is 44.1. The number of likely N-dealkylation sites (tertiary alicyclic amines) is 1. The van der Waals surface area contributed by atoms with E-state index in [1.54, 1.807) is 0 Å². The Labute approximate surface area is 187 Å². The molecular formula is C25H29ClF3NO. The third-order valence-corrected chi connectivity index (χ3v) is 7.39. The molecule has 1 saturated carbocycles. The molecule has 6 heteroatoms. The minimum absolute atomic E-state index is 0.212. The fraction of sp³-hybridized carbons (Fsp3) is 0.520. The van der Waals surface area contributed by atoms with Crippen molar-refractivity contribution in [2.75, 3.05) is 26.2 Å². The van der Waals surface area contributed by atoms with Crippen LogP contribution >= 0.6 is 11.6 Å². The van der Waals surface area contributed by atoms with Crippen molar-refractivity contribution in [3.8, 4) is 5.75 Å². The molecule has 0 amide bonds. The number of hydrogen-bond donors (Lipinski definition) is 0. The van der Waals surface area contributed by atoms with Gasteiger partial charge in [-0.1, -0.05) is 37.1 Å². The number of ether oxygens (including phenoxy) is 1. The number of hydrogen-bond acceptors (Lipinski definition) is 2. The fourth-order valence-corrected chi connectivity index (χ4v) is 5.03. The third kappa shape index (κ3) is 5.20. The van der Waals surface area contributed by atoms with Crippen LogP contribution < -0.4 is 4.74 Å². The maximum absolute atomic E-state index is 12.7. The topological polar surface area (TPSA) is 12.5 Å². The lowest BCUT2D eigenvalue weighted by atomic mass is 9.64. The van der Waals surface area contributed by atoms with Crippen LogP contribution in [0.5, 0.6) is 5.75 Å². The van der Waals surface area contributed by atoms with Gasteiger partial charge >= 0.3 is 6.18 Å². The fourth-order valence-electron chi connectivity index (χ4n) is 4.90. The first-order valence-electron chi connectivity index (χ1n) is 11.0. The molecule has 0 aromatic heterocycles. The predicted molar refractivity (Wildman–Crippen MR) is 118 cm³/mol. The SMILES string of the molecule is C[C@H]1CCN(CC2(c3ccc(Cl)cc3)CCC2)CC1COc1ccc(C(F)(F)F)cc1. The number of piperidine rings is 1. The van der Waals surface area contributed by atoms with Crippen molar-refractivity contribution in [1.29, 1.82) is 0 Å². The van der Waals surface area contributed by atoms with Crippen LogP contribution in [0.2, 0.25) is 5.02 Å². The van der Waals surface area contributed by atoms with Crippen molar-refractivity contribution >= 4 is 11.6 Å². The largest absolute Gasteiger partial charge is 0.493 e. The van der Waals surface area contributed by atoms with Gasteiger partial charge in [0.2, 0.25) is 0 Å². The van der Waals surface area contributed by atoms with Crippen LogP contribution in [0.15, 0.2) is 48.5 Å². The van der Waals surface area contributed by atoms with E-state index in [9.17, 15) is 13.2 Å². The molecule has 0 bridgehead atoms. The van der Waals surface area contributed by atoms with Gasteiger partial charge in [0, 0.05) is 29.4 Å². The van der Waals surface area contributed by atoms with Crippen LogP contribution in [0, 0.1) is 11.8 Å². The summed E-state index contributed by atoms with van der Waals surface area (Å²) in [5.41, 5.74) is 0.939. The van der Waals surface area contributed by atoms with E-state index in [-0.39, 0.29) is 5.41 Å². The van der Waals surface area contributed by atoms with Crippen LogP contribution in [0.1, 0.15) is 43.7 Å². The zero-order valence-corrected chi connectivity index (χ0v) is 18.6. The van der Waals surface area contributed by atoms with E-state index in [0.29, 0.717) is 24.2 Å². The molecule has 1 aliphatic carbocycles. The minimum Gasteiger partial charge on any atom is -0.493 e. The van der Waals surface area contributed by atoms with Crippen LogP contribution in [0.25, 0.3) is 0 Å². The standard InChI is InChI=1S/C25H29ClF3NO/c1-18-11-14-30(17-24(12-2-13-24)20-3-7-22(26)8-4-20)15-19(18)16-31-23-9-5-21(6-10-23)25(27,28)29/h3-10,18-19H,2,11-17H2,1H3/t18-,19?/m0/s1. The third-order valence-electron chi connectivity index (χ3n) is 7.14. The molecule has 0 spiro atoms. The molecular weight excluding hydrogens is 423 g/mol. The van der Waals surface area contributed by atoms with Crippen LogP contribution in [0.3, 0.4) is 0 Å². The van der Waals surface area contributed by atoms with Gasteiger partial charge in [-0.3, -0.25) is 0 Å². The summed E-state index contributed by atoms with van der Waals surface area (Å²) in [5, 5.41) is 0.769. The first kappa shape index (κ1) is 22.5. The number of rotatable bonds is 6. The van der Waals surface area contributed by atoms with Crippen LogP contribution in [0.4, 0.5) is 13.2 Å². The summed E-state index contributed by atoms with van der Waals surface area (Å²) in [7, 11) is 0. The first-order chi connectivity index (χ1) is 14.7. The first-order valence-corrected chi connectivity index (χ1v) is 11.4. The predicted octanol–water partition coefficient (Wildman–Crippen LogP) is 6.82. The molecule has 2 aromatic rings. The van der Waals surface area contributed by atoms with Crippen molar-refractivity contribution in [3.05, 3.63) is 64.7 Å². The Hall–Kier alpha value is -1.72. The molecule has 1 saturated heterocycles. The van der Waals surface area contributed by atoms with Crippen LogP contribution in [-0.4, -0.2) is 31.1 Å². The normalized spacial score (nSPS) is 23.9. The summed E-state index contributed by atoms with van der Waals surface area (Å²) in [6.45, 7) is 5.84. The summed E-state index contributed by atoms with van der Waals surface area (Å²) in [6.07, 6.45) is 0.449. The van der Waals surface area contributed by atoms with Gasteiger partial charge in [0.25, 0.3) is 0 Å². The van der Waals surface area contributed by atoms with Gasteiger partial charge in [-0.05, 0) is 73.7 Å². The number of nitrogens with zero attached hydrogens (tertiary/aromatic N) is 1.